The van der Waals surface area contributed by atoms with Gasteiger partial charge in [0.2, 0.25) is 5.13 Å². The van der Waals surface area contributed by atoms with E-state index in [0.29, 0.717) is 12.5 Å². The number of nitrogens with zero attached hydrogens (tertiary/aromatic N) is 3. The van der Waals surface area contributed by atoms with E-state index in [1.54, 1.807) is 23.1 Å². The van der Waals surface area contributed by atoms with E-state index in [-0.39, 0.29) is 0 Å². The first kappa shape index (κ1) is 9.74. The van der Waals surface area contributed by atoms with Crippen LogP contribution in [0.2, 0.25) is 0 Å². The maximum atomic E-state index is 8.37. The lowest BCUT2D eigenvalue weighted by molar-refractivity contribution is 0.994. The smallest absolute Gasteiger partial charge is 0.206 e. The molecule has 0 spiro atoms. The lowest BCUT2D eigenvalue weighted by Gasteiger charge is -1.93. The van der Waals surface area contributed by atoms with Crippen LogP contribution in [0.5, 0.6) is 0 Å². The van der Waals surface area contributed by atoms with Crippen LogP contribution in [0.3, 0.4) is 0 Å². The molecule has 1 N–H and O–H groups in total. The number of hydrogen-bond donors (Lipinski definition) is 1. The normalized spacial score (nSPS) is 15.1. The van der Waals surface area contributed by atoms with Crippen molar-refractivity contribution in [3.8, 4) is 6.07 Å². The molecule has 0 bridgehead atoms. The van der Waals surface area contributed by atoms with Gasteiger partial charge in [0, 0.05) is 18.2 Å². The molecule has 1 fully saturated rings. The molecule has 1 saturated carbocycles. The molecule has 14 heavy (non-hydrogen) atoms. The number of rotatable bonds is 5. The Hall–Kier alpha value is -0.800. The Labute approximate surface area is 90.7 Å². The first-order valence-electron chi connectivity index (χ1n) is 4.48. The summed E-state index contributed by atoms with van der Waals surface area (Å²) in [5.74, 6) is 0.800. The maximum Gasteiger partial charge on any atom is 0.206 e. The highest BCUT2D eigenvalue weighted by Gasteiger charge is 2.22. The molecular weight excluding hydrogens is 216 g/mol. The van der Waals surface area contributed by atoms with Crippen molar-refractivity contribution in [2.75, 3.05) is 11.1 Å². The van der Waals surface area contributed by atoms with Crippen LogP contribution in [0.15, 0.2) is 4.34 Å². The quantitative estimate of drug-likeness (QED) is 0.615. The average molecular weight is 226 g/mol. The minimum absolute atomic E-state index is 0.565. The molecule has 2 rings (SSSR count). The van der Waals surface area contributed by atoms with Gasteiger partial charge < -0.3 is 5.32 Å². The second kappa shape index (κ2) is 4.62. The molecule has 0 saturated heterocycles. The lowest BCUT2D eigenvalue weighted by atomic mass is 10.6. The molecule has 1 aliphatic rings. The fourth-order valence-corrected chi connectivity index (χ4v) is 2.66. The third kappa shape index (κ3) is 2.86. The van der Waals surface area contributed by atoms with E-state index in [2.05, 4.69) is 21.6 Å². The molecule has 1 heterocycles. The summed E-state index contributed by atoms with van der Waals surface area (Å²) in [5, 5.41) is 20.6. The van der Waals surface area contributed by atoms with Gasteiger partial charge in [-0.05, 0) is 12.8 Å². The summed E-state index contributed by atoms with van der Waals surface area (Å²) in [4.78, 5) is 0. The SMILES string of the molecule is N#CCCSc1nnc(NC2CC2)s1. The minimum atomic E-state index is 0.565. The highest BCUT2D eigenvalue weighted by atomic mass is 32.2. The number of thioether (sulfide) groups is 1. The molecular formula is C8H10N4S2. The monoisotopic (exact) mass is 226 g/mol. The van der Waals surface area contributed by atoms with Crippen LogP contribution in [0.1, 0.15) is 19.3 Å². The molecule has 6 heteroatoms. The van der Waals surface area contributed by atoms with Crippen molar-refractivity contribution in [1.82, 2.24) is 10.2 Å². The summed E-state index contributed by atoms with van der Waals surface area (Å²) in [7, 11) is 0. The van der Waals surface area contributed by atoms with Crippen LogP contribution in [0.4, 0.5) is 5.13 Å². The van der Waals surface area contributed by atoms with Crippen molar-refractivity contribution >= 4 is 28.2 Å². The van der Waals surface area contributed by atoms with Crippen molar-refractivity contribution in [2.45, 2.75) is 29.6 Å². The molecule has 0 aliphatic heterocycles. The highest BCUT2D eigenvalue weighted by Crippen LogP contribution is 2.30. The molecule has 0 unspecified atom stereocenters. The number of nitriles is 1. The molecule has 4 nitrogen and oxygen atoms in total. The third-order valence-corrected chi connectivity index (χ3v) is 3.74. The van der Waals surface area contributed by atoms with E-state index in [4.69, 9.17) is 5.26 Å². The van der Waals surface area contributed by atoms with Gasteiger partial charge in [0.05, 0.1) is 6.07 Å². The second-order valence-electron chi connectivity index (χ2n) is 3.05. The Bertz CT molecular complexity index is 339. The average Bonchev–Trinajstić information content (AvgIpc) is 2.87. The molecule has 1 aromatic rings. The van der Waals surface area contributed by atoms with Gasteiger partial charge in [-0.15, -0.1) is 10.2 Å². The van der Waals surface area contributed by atoms with E-state index in [0.717, 1.165) is 15.2 Å². The molecule has 74 valence electrons. The first-order valence-corrected chi connectivity index (χ1v) is 6.28. The number of hydrogen-bond acceptors (Lipinski definition) is 6. The Morgan fingerprint density at radius 3 is 3.14 bits per heavy atom. The Balaban J connectivity index is 1.80. The Morgan fingerprint density at radius 1 is 1.57 bits per heavy atom. The van der Waals surface area contributed by atoms with Crippen molar-refractivity contribution < 1.29 is 0 Å². The molecule has 0 amide bonds. The number of anilines is 1. The number of nitrogens with one attached hydrogen (secondary N) is 1. The van der Waals surface area contributed by atoms with E-state index >= 15 is 0 Å². The van der Waals surface area contributed by atoms with Crippen LogP contribution >= 0.6 is 23.1 Å². The molecule has 0 radical (unpaired) electrons. The van der Waals surface area contributed by atoms with E-state index in [1.807, 2.05) is 0 Å². The van der Waals surface area contributed by atoms with Gasteiger partial charge in [-0.25, -0.2) is 0 Å². The van der Waals surface area contributed by atoms with Crippen LogP contribution in [-0.2, 0) is 0 Å². The van der Waals surface area contributed by atoms with E-state index in [9.17, 15) is 0 Å². The predicted octanol–water partition coefficient (Wildman–Crippen LogP) is 2.12. The van der Waals surface area contributed by atoms with Crippen molar-refractivity contribution in [3.05, 3.63) is 0 Å². The predicted molar refractivity (Wildman–Crippen MR) is 57.5 cm³/mol. The zero-order chi connectivity index (χ0) is 9.80. The summed E-state index contributed by atoms with van der Waals surface area (Å²) >= 11 is 3.17. The minimum Gasteiger partial charge on any atom is -0.357 e. The zero-order valence-corrected chi connectivity index (χ0v) is 9.20. The van der Waals surface area contributed by atoms with Crippen molar-refractivity contribution in [2.24, 2.45) is 0 Å². The molecule has 0 aromatic carbocycles. The second-order valence-corrected chi connectivity index (χ2v) is 5.37. The van der Waals surface area contributed by atoms with Gasteiger partial charge in [-0.3, -0.25) is 0 Å². The van der Waals surface area contributed by atoms with E-state index in [1.165, 1.54) is 12.8 Å². The standard InChI is InChI=1S/C8H10N4S2/c9-4-1-5-13-8-12-11-7(14-8)10-6-2-3-6/h6H,1-3,5H2,(H,10,11). The van der Waals surface area contributed by atoms with Gasteiger partial charge >= 0.3 is 0 Å². The zero-order valence-electron chi connectivity index (χ0n) is 7.56. The lowest BCUT2D eigenvalue weighted by Crippen LogP contribution is -1.99. The maximum absolute atomic E-state index is 8.37. The van der Waals surface area contributed by atoms with Crippen LogP contribution in [0, 0.1) is 11.3 Å². The van der Waals surface area contributed by atoms with E-state index < -0.39 is 0 Å². The topological polar surface area (TPSA) is 61.6 Å². The summed E-state index contributed by atoms with van der Waals surface area (Å²) in [5.41, 5.74) is 0. The molecule has 1 aliphatic carbocycles. The van der Waals surface area contributed by atoms with Crippen molar-refractivity contribution in [3.63, 3.8) is 0 Å². The summed E-state index contributed by atoms with van der Waals surface area (Å²) in [6.45, 7) is 0. The summed E-state index contributed by atoms with van der Waals surface area (Å²) in [6, 6.07) is 2.73. The Morgan fingerprint density at radius 2 is 2.43 bits per heavy atom. The van der Waals surface area contributed by atoms with Crippen LogP contribution in [-0.4, -0.2) is 22.0 Å². The van der Waals surface area contributed by atoms with Crippen LogP contribution in [0.25, 0.3) is 0 Å². The molecule has 0 atom stereocenters. The van der Waals surface area contributed by atoms with Gasteiger partial charge in [-0.2, -0.15) is 5.26 Å². The van der Waals surface area contributed by atoms with Crippen LogP contribution < -0.4 is 5.32 Å². The Kier molecular flexibility index (Phi) is 3.22. The summed E-state index contributed by atoms with van der Waals surface area (Å²) in [6.07, 6.45) is 3.06. The summed E-state index contributed by atoms with van der Waals surface area (Å²) < 4.78 is 0.948. The van der Waals surface area contributed by atoms with Gasteiger partial charge in [0.1, 0.15) is 0 Å². The van der Waals surface area contributed by atoms with Gasteiger partial charge in [-0.1, -0.05) is 23.1 Å². The highest BCUT2D eigenvalue weighted by molar-refractivity contribution is 8.01. The third-order valence-electron chi connectivity index (χ3n) is 1.75. The first-order chi connectivity index (χ1) is 6.88. The fourth-order valence-electron chi connectivity index (χ4n) is 0.913. The largest absolute Gasteiger partial charge is 0.357 e. The van der Waals surface area contributed by atoms with Gasteiger partial charge in [0.25, 0.3) is 0 Å². The van der Waals surface area contributed by atoms with Crippen molar-refractivity contribution in [1.29, 1.82) is 5.26 Å². The number of aromatic nitrogens is 2. The van der Waals surface area contributed by atoms with Gasteiger partial charge in [0.15, 0.2) is 4.34 Å². The fraction of sp³-hybridized carbons (Fsp3) is 0.625. The molecule has 1 aromatic heterocycles.